The summed E-state index contributed by atoms with van der Waals surface area (Å²) < 4.78 is 15.7. The Balaban J connectivity index is 2.19. The Morgan fingerprint density at radius 1 is 0.969 bits per heavy atom. The van der Waals surface area contributed by atoms with Gasteiger partial charge in [-0.05, 0) is 57.2 Å². The van der Waals surface area contributed by atoms with Crippen molar-refractivity contribution in [1.82, 2.24) is 4.90 Å². The van der Waals surface area contributed by atoms with Crippen molar-refractivity contribution in [1.29, 1.82) is 0 Å². The zero-order chi connectivity index (χ0) is 23.5. The fourth-order valence-electron chi connectivity index (χ4n) is 3.80. The van der Waals surface area contributed by atoms with Gasteiger partial charge in [0.1, 0.15) is 11.5 Å². The van der Waals surface area contributed by atoms with Crippen molar-refractivity contribution in [2.24, 2.45) is 0 Å². The molecule has 0 N–H and O–H groups in total. The van der Waals surface area contributed by atoms with E-state index in [4.69, 9.17) is 14.2 Å². The highest BCUT2D eigenvalue weighted by Gasteiger charge is 2.23. The third-order valence-corrected chi connectivity index (χ3v) is 5.73. The zero-order valence-electron chi connectivity index (χ0n) is 19.8. The van der Waals surface area contributed by atoms with E-state index in [-0.39, 0.29) is 17.9 Å². The maximum atomic E-state index is 13.6. The summed E-state index contributed by atoms with van der Waals surface area (Å²) in [5, 5.41) is 0. The summed E-state index contributed by atoms with van der Waals surface area (Å²) in [6, 6.07) is 13.8. The maximum Gasteiger partial charge on any atom is 0.305 e. The predicted octanol–water partition coefficient (Wildman–Crippen LogP) is 4.82. The first-order valence-corrected chi connectivity index (χ1v) is 11.1. The largest absolute Gasteiger partial charge is 0.496 e. The molecule has 0 heterocycles. The van der Waals surface area contributed by atoms with E-state index in [2.05, 4.69) is 12.1 Å². The lowest BCUT2D eigenvalue weighted by Gasteiger charge is -2.30. The number of methoxy groups -OCH3 is 3. The highest BCUT2D eigenvalue weighted by Crippen LogP contribution is 2.30. The fourth-order valence-corrected chi connectivity index (χ4v) is 3.80. The molecule has 2 rings (SSSR count). The number of carbonyl (C=O) groups excluding carboxylic acids is 2. The number of benzene rings is 2. The smallest absolute Gasteiger partial charge is 0.305 e. The summed E-state index contributed by atoms with van der Waals surface area (Å²) in [5.74, 6) is 0.943. The first kappa shape index (κ1) is 25.2. The van der Waals surface area contributed by atoms with Gasteiger partial charge in [0, 0.05) is 30.1 Å². The molecule has 6 heteroatoms. The molecule has 1 atom stereocenters. The van der Waals surface area contributed by atoms with Crippen LogP contribution in [-0.2, 0) is 16.0 Å². The molecular weight excluding hydrogens is 406 g/mol. The number of hydrogen-bond donors (Lipinski definition) is 0. The molecule has 0 spiro atoms. The minimum absolute atomic E-state index is 0.0266. The molecule has 0 fully saturated rings. The third-order valence-electron chi connectivity index (χ3n) is 5.73. The number of ether oxygens (including phenoxy) is 3. The van der Waals surface area contributed by atoms with Crippen molar-refractivity contribution in [2.75, 3.05) is 27.9 Å². The third kappa shape index (κ3) is 7.01. The molecule has 0 aliphatic rings. The van der Waals surface area contributed by atoms with Gasteiger partial charge >= 0.3 is 5.97 Å². The predicted molar refractivity (Wildman–Crippen MR) is 125 cm³/mol. The Labute approximate surface area is 191 Å². The van der Waals surface area contributed by atoms with Gasteiger partial charge in [-0.1, -0.05) is 30.3 Å². The van der Waals surface area contributed by atoms with Crippen LogP contribution in [0.2, 0.25) is 0 Å². The van der Waals surface area contributed by atoms with Crippen LogP contribution in [0, 0.1) is 6.92 Å². The van der Waals surface area contributed by atoms with Crippen molar-refractivity contribution in [3.63, 3.8) is 0 Å². The minimum atomic E-state index is -0.229. The van der Waals surface area contributed by atoms with Gasteiger partial charge in [0.15, 0.2) is 0 Å². The normalized spacial score (nSPS) is 11.5. The van der Waals surface area contributed by atoms with Crippen molar-refractivity contribution in [3.8, 4) is 11.5 Å². The minimum Gasteiger partial charge on any atom is -0.496 e. The molecule has 174 valence electrons. The Morgan fingerprint density at radius 3 is 2.16 bits per heavy atom. The van der Waals surface area contributed by atoms with Crippen molar-refractivity contribution in [3.05, 3.63) is 59.2 Å². The number of nitrogens with zero attached hydrogens (tertiary/aromatic N) is 1. The standard InChI is InChI=1S/C26H35NO5/c1-19(11-9-15-25(28)32-5)27(16-10-14-21-12-7-6-8-13-21)26(29)22-17-23(30-3)20(2)24(18-22)31-4/h6-8,12-13,17-19H,9-11,14-16H2,1-5H3. The fraction of sp³-hybridized carbons (Fsp3) is 0.462. The summed E-state index contributed by atoms with van der Waals surface area (Å²) in [6.45, 7) is 4.55. The lowest BCUT2D eigenvalue weighted by atomic mass is 10.0. The molecule has 0 aliphatic heterocycles. The van der Waals surface area contributed by atoms with Crippen LogP contribution in [0.1, 0.15) is 54.1 Å². The molecular formula is C26H35NO5. The second-order valence-electron chi connectivity index (χ2n) is 7.91. The number of carbonyl (C=O) groups is 2. The van der Waals surface area contributed by atoms with E-state index in [1.54, 1.807) is 26.4 Å². The van der Waals surface area contributed by atoms with Crippen molar-refractivity contribution in [2.45, 2.75) is 52.0 Å². The van der Waals surface area contributed by atoms with Gasteiger partial charge in [0.25, 0.3) is 5.91 Å². The Morgan fingerprint density at radius 2 is 1.59 bits per heavy atom. The van der Waals surface area contributed by atoms with E-state index in [9.17, 15) is 9.59 Å². The average Bonchev–Trinajstić information content (AvgIpc) is 2.82. The van der Waals surface area contributed by atoms with Gasteiger partial charge in [0.2, 0.25) is 0 Å². The van der Waals surface area contributed by atoms with Gasteiger partial charge < -0.3 is 19.1 Å². The number of hydrogen-bond acceptors (Lipinski definition) is 5. The Bertz CT molecular complexity index is 856. The van der Waals surface area contributed by atoms with Crippen LogP contribution in [0.25, 0.3) is 0 Å². The van der Waals surface area contributed by atoms with E-state index < -0.39 is 0 Å². The van der Waals surface area contributed by atoms with Crippen LogP contribution < -0.4 is 9.47 Å². The number of aryl methyl sites for hydroxylation is 1. The van der Waals surface area contributed by atoms with Crippen molar-refractivity contribution < 1.29 is 23.8 Å². The zero-order valence-corrected chi connectivity index (χ0v) is 19.8. The maximum absolute atomic E-state index is 13.6. The molecule has 1 unspecified atom stereocenters. The molecule has 2 aromatic carbocycles. The summed E-state index contributed by atoms with van der Waals surface area (Å²) in [7, 11) is 4.57. The molecule has 6 nitrogen and oxygen atoms in total. The first-order valence-electron chi connectivity index (χ1n) is 11.1. The molecule has 0 saturated carbocycles. The second kappa shape index (κ2) is 12.7. The highest BCUT2D eigenvalue weighted by molar-refractivity contribution is 5.95. The van der Waals surface area contributed by atoms with Crippen LogP contribution >= 0.6 is 0 Å². The molecule has 0 bridgehead atoms. The topological polar surface area (TPSA) is 65.1 Å². The lowest BCUT2D eigenvalue weighted by molar-refractivity contribution is -0.140. The van der Waals surface area contributed by atoms with E-state index in [1.807, 2.05) is 36.9 Å². The van der Waals surface area contributed by atoms with Crippen LogP contribution in [0.4, 0.5) is 0 Å². The van der Waals surface area contributed by atoms with Crippen LogP contribution in [0.5, 0.6) is 11.5 Å². The van der Waals surface area contributed by atoms with E-state index >= 15 is 0 Å². The summed E-state index contributed by atoms with van der Waals surface area (Å²) in [6.07, 6.45) is 3.46. The van der Waals surface area contributed by atoms with Gasteiger partial charge in [-0.3, -0.25) is 9.59 Å². The molecule has 0 radical (unpaired) electrons. The number of esters is 1. The van der Waals surface area contributed by atoms with E-state index in [1.165, 1.54) is 12.7 Å². The van der Waals surface area contributed by atoms with Gasteiger partial charge in [-0.2, -0.15) is 0 Å². The summed E-state index contributed by atoms with van der Waals surface area (Å²) in [4.78, 5) is 26.9. The number of rotatable bonds is 12. The van der Waals surface area contributed by atoms with Crippen LogP contribution in [0.15, 0.2) is 42.5 Å². The summed E-state index contributed by atoms with van der Waals surface area (Å²) in [5.41, 5.74) is 2.63. The van der Waals surface area contributed by atoms with E-state index in [0.717, 1.165) is 18.4 Å². The monoisotopic (exact) mass is 441 g/mol. The molecule has 0 aliphatic carbocycles. The van der Waals surface area contributed by atoms with Crippen LogP contribution in [-0.4, -0.2) is 50.7 Å². The number of amides is 1. The van der Waals surface area contributed by atoms with Gasteiger partial charge in [0.05, 0.1) is 21.3 Å². The van der Waals surface area contributed by atoms with E-state index in [0.29, 0.717) is 42.9 Å². The Kier molecular flexibility index (Phi) is 10.1. The molecule has 0 saturated heterocycles. The highest BCUT2D eigenvalue weighted by atomic mass is 16.5. The van der Waals surface area contributed by atoms with Crippen LogP contribution in [0.3, 0.4) is 0 Å². The first-order chi connectivity index (χ1) is 15.4. The summed E-state index contributed by atoms with van der Waals surface area (Å²) >= 11 is 0. The van der Waals surface area contributed by atoms with Gasteiger partial charge in [-0.15, -0.1) is 0 Å². The Hall–Kier alpha value is -3.02. The molecule has 1 amide bonds. The quantitative estimate of drug-likeness (QED) is 0.442. The molecule has 32 heavy (non-hydrogen) atoms. The van der Waals surface area contributed by atoms with Gasteiger partial charge in [-0.25, -0.2) is 0 Å². The average molecular weight is 442 g/mol. The molecule has 2 aromatic rings. The lowest BCUT2D eigenvalue weighted by Crippen LogP contribution is -2.39. The molecule has 0 aromatic heterocycles. The second-order valence-corrected chi connectivity index (χ2v) is 7.91. The SMILES string of the molecule is COC(=O)CCCC(C)N(CCCc1ccccc1)C(=O)c1cc(OC)c(C)c(OC)c1. The van der Waals surface area contributed by atoms with Crippen molar-refractivity contribution >= 4 is 11.9 Å².